The summed E-state index contributed by atoms with van der Waals surface area (Å²) in [7, 11) is -7.69. The topological polar surface area (TPSA) is 63.6 Å². The number of benzene rings is 3. The van der Waals surface area contributed by atoms with Crippen LogP contribution in [-0.2, 0) is 19.8 Å². The Kier molecular flexibility index (Phi) is 9.43. The molecule has 6 heteroatoms. The van der Waals surface area contributed by atoms with E-state index in [2.05, 4.69) is 24.2 Å². The molecule has 0 unspecified atom stereocenters. The first kappa shape index (κ1) is 29.9. The molecule has 0 bridgehead atoms. The maximum atomic E-state index is 14.8. The minimum Gasteiger partial charge on any atom is -0.244 e. The highest BCUT2D eigenvalue weighted by atomic mass is 32.3. The molecule has 0 aliphatic rings. The Hall–Kier alpha value is -2.70. The van der Waals surface area contributed by atoms with E-state index in [4.69, 9.17) is 0 Å². The largest absolute Gasteiger partial charge is 0.290 e. The molecule has 0 radical (unpaired) electrons. The Balaban J connectivity index is 2.35. The molecule has 0 aromatic heterocycles. The standard InChI is InChI=1S/C32H41NO3S2/c1-22(2)27-19-29(23(3)4)32(30(20-27)24(5)6)38(35,36)33-37(34,28-17-13-10-14-18-28)21-31(25(7)8)26-15-11-9-12-16-26/h9-20,22-24,31H,7,21H2,1-6,8H3/t31-,37-/m0/s1. The Morgan fingerprint density at radius 1 is 0.737 bits per heavy atom. The lowest BCUT2D eigenvalue weighted by molar-refractivity contribution is 0.592. The molecule has 0 aliphatic carbocycles. The van der Waals surface area contributed by atoms with Gasteiger partial charge in [0.2, 0.25) is 0 Å². The Morgan fingerprint density at radius 2 is 1.21 bits per heavy atom. The number of nitrogens with zero attached hydrogens (tertiary/aromatic N) is 1. The lowest BCUT2D eigenvalue weighted by Gasteiger charge is -2.23. The molecule has 38 heavy (non-hydrogen) atoms. The van der Waals surface area contributed by atoms with Gasteiger partial charge in [-0.25, -0.2) is 4.21 Å². The maximum Gasteiger partial charge on any atom is 0.290 e. The van der Waals surface area contributed by atoms with Crippen molar-refractivity contribution >= 4 is 19.8 Å². The van der Waals surface area contributed by atoms with Crippen LogP contribution in [0.5, 0.6) is 0 Å². The van der Waals surface area contributed by atoms with Crippen molar-refractivity contribution in [3.63, 3.8) is 0 Å². The fraction of sp³-hybridized carbons (Fsp3) is 0.375. The van der Waals surface area contributed by atoms with Gasteiger partial charge in [0.25, 0.3) is 10.0 Å². The summed E-state index contributed by atoms with van der Waals surface area (Å²) in [6, 6.07) is 22.4. The zero-order chi connectivity index (χ0) is 28.3. The van der Waals surface area contributed by atoms with Crippen LogP contribution in [0.1, 0.15) is 94.4 Å². The molecule has 3 rings (SSSR count). The van der Waals surface area contributed by atoms with E-state index in [1.54, 1.807) is 24.3 Å². The van der Waals surface area contributed by atoms with E-state index in [1.807, 2.05) is 83.1 Å². The molecule has 0 saturated heterocycles. The minimum absolute atomic E-state index is 0.0215. The zero-order valence-corrected chi connectivity index (χ0v) is 25.3. The second-order valence-corrected chi connectivity index (χ2v) is 15.0. The minimum atomic E-state index is -4.29. The van der Waals surface area contributed by atoms with E-state index in [1.165, 1.54) is 0 Å². The van der Waals surface area contributed by atoms with Crippen molar-refractivity contribution in [2.75, 3.05) is 5.75 Å². The fourth-order valence-corrected chi connectivity index (χ4v) is 9.66. The van der Waals surface area contributed by atoms with Crippen LogP contribution in [0.25, 0.3) is 0 Å². The molecular formula is C32H41NO3S2. The van der Waals surface area contributed by atoms with Gasteiger partial charge in [0.05, 0.1) is 14.6 Å². The molecule has 0 heterocycles. The quantitative estimate of drug-likeness (QED) is 0.237. The van der Waals surface area contributed by atoms with E-state index in [-0.39, 0.29) is 34.3 Å². The summed E-state index contributed by atoms with van der Waals surface area (Å²) in [4.78, 5) is 0.601. The van der Waals surface area contributed by atoms with Crippen LogP contribution in [-0.4, -0.2) is 18.4 Å². The summed E-state index contributed by atoms with van der Waals surface area (Å²) in [6.45, 7) is 18.2. The van der Waals surface area contributed by atoms with Crippen LogP contribution < -0.4 is 0 Å². The SMILES string of the molecule is C=C(C)[C@H](C[S@@](=O)(=NS(=O)(=O)c1c(C(C)C)cc(C(C)C)cc1C(C)C)c1ccccc1)c1ccccc1. The molecule has 3 aromatic rings. The number of sulfonamides is 1. The molecule has 4 nitrogen and oxygen atoms in total. The molecule has 0 fully saturated rings. The van der Waals surface area contributed by atoms with Crippen molar-refractivity contribution in [2.24, 2.45) is 3.77 Å². The van der Waals surface area contributed by atoms with Gasteiger partial charge in [-0.05, 0) is 59.1 Å². The fourth-order valence-electron chi connectivity index (χ4n) is 4.62. The smallest absolute Gasteiger partial charge is 0.244 e. The van der Waals surface area contributed by atoms with Crippen molar-refractivity contribution in [1.82, 2.24) is 0 Å². The molecule has 0 amide bonds. The van der Waals surface area contributed by atoms with Crippen molar-refractivity contribution in [2.45, 2.75) is 81.9 Å². The summed E-state index contributed by atoms with van der Waals surface area (Å²) in [6.07, 6.45) is 0. The summed E-state index contributed by atoms with van der Waals surface area (Å²) in [5.41, 5.74) is 4.27. The molecule has 0 aliphatic heterocycles. The molecule has 204 valence electrons. The molecule has 2 atom stereocenters. The average Bonchev–Trinajstić information content (AvgIpc) is 2.87. The third kappa shape index (κ3) is 6.65. The predicted molar refractivity (Wildman–Crippen MR) is 160 cm³/mol. The summed E-state index contributed by atoms with van der Waals surface area (Å²) in [5.74, 6) is -0.152. The lowest BCUT2D eigenvalue weighted by Crippen LogP contribution is -2.19. The van der Waals surface area contributed by atoms with Crippen LogP contribution >= 0.6 is 0 Å². The van der Waals surface area contributed by atoms with Crippen molar-refractivity contribution in [3.8, 4) is 0 Å². The van der Waals surface area contributed by atoms with E-state index < -0.39 is 19.8 Å². The van der Waals surface area contributed by atoms with Gasteiger partial charge in [-0.2, -0.15) is 8.42 Å². The maximum absolute atomic E-state index is 14.8. The predicted octanol–water partition coefficient (Wildman–Crippen LogP) is 8.63. The Bertz CT molecular complexity index is 1470. The Morgan fingerprint density at radius 3 is 1.63 bits per heavy atom. The van der Waals surface area contributed by atoms with Gasteiger partial charge in [-0.1, -0.05) is 114 Å². The number of hydrogen-bond acceptors (Lipinski definition) is 3. The first-order valence-electron chi connectivity index (χ1n) is 13.2. The molecule has 0 spiro atoms. The number of allylic oxidation sites excluding steroid dienone is 1. The van der Waals surface area contributed by atoms with Crippen LogP contribution in [0.2, 0.25) is 0 Å². The molecule has 3 aromatic carbocycles. The van der Waals surface area contributed by atoms with Gasteiger partial charge >= 0.3 is 0 Å². The highest BCUT2D eigenvalue weighted by molar-refractivity contribution is 8.03. The van der Waals surface area contributed by atoms with Crippen LogP contribution in [0.4, 0.5) is 0 Å². The van der Waals surface area contributed by atoms with E-state index in [0.29, 0.717) is 4.90 Å². The van der Waals surface area contributed by atoms with Crippen molar-refractivity contribution in [3.05, 3.63) is 107 Å². The van der Waals surface area contributed by atoms with Crippen LogP contribution in [0.15, 0.2) is 98.5 Å². The van der Waals surface area contributed by atoms with Gasteiger partial charge in [-0.15, -0.1) is 3.77 Å². The summed E-state index contributed by atoms with van der Waals surface area (Å²) in [5, 5.41) is 0. The third-order valence-corrected chi connectivity index (χ3v) is 11.4. The van der Waals surface area contributed by atoms with Crippen molar-refractivity contribution in [1.29, 1.82) is 0 Å². The van der Waals surface area contributed by atoms with E-state index in [0.717, 1.165) is 27.8 Å². The first-order chi connectivity index (χ1) is 17.8. The second-order valence-electron chi connectivity index (χ2n) is 11.0. The summed E-state index contributed by atoms with van der Waals surface area (Å²) < 4.78 is 47.7. The molecule has 0 saturated carbocycles. The van der Waals surface area contributed by atoms with Crippen LogP contribution in [0.3, 0.4) is 0 Å². The second kappa shape index (κ2) is 12.0. The van der Waals surface area contributed by atoms with E-state index in [9.17, 15) is 12.6 Å². The van der Waals surface area contributed by atoms with Gasteiger partial charge in [0, 0.05) is 16.6 Å². The average molecular weight is 552 g/mol. The Labute approximate surface area is 230 Å². The van der Waals surface area contributed by atoms with Gasteiger partial charge < -0.3 is 0 Å². The van der Waals surface area contributed by atoms with Gasteiger partial charge in [-0.3, -0.25) is 0 Å². The highest BCUT2D eigenvalue weighted by Gasteiger charge is 2.31. The van der Waals surface area contributed by atoms with Gasteiger partial charge in [0.1, 0.15) is 0 Å². The first-order valence-corrected chi connectivity index (χ1v) is 16.3. The monoisotopic (exact) mass is 551 g/mol. The van der Waals surface area contributed by atoms with Crippen LogP contribution in [0, 0.1) is 0 Å². The third-order valence-electron chi connectivity index (χ3n) is 6.86. The summed E-state index contributed by atoms with van der Waals surface area (Å²) >= 11 is 0. The molecule has 0 N–H and O–H groups in total. The lowest BCUT2D eigenvalue weighted by atomic mass is 9.89. The highest BCUT2D eigenvalue weighted by Crippen LogP contribution is 2.37. The number of hydrogen-bond donors (Lipinski definition) is 0. The van der Waals surface area contributed by atoms with Gasteiger partial charge in [0.15, 0.2) is 0 Å². The van der Waals surface area contributed by atoms with E-state index >= 15 is 0 Å². The van der Waals surface area contributed by atoms with Crippen molar-refractivity contribution < 1.29 is 12.6 Å². The normalized spacial score (nSPS) is 14.5. The zero-order valence-electron chi connectivity index (χ0n) is 23.6. The molecular weight excluding hydrogens is 510 g/mol. The number of rotatable bonds is 10.